The molecule has 0 saturated carbocycles. The molecule has 4 radical (unpaired) electrons. The van der Waals surface area contributed by atoms with Gasteiger partial charge in [0, 0.05) is 135 Å². The maximum atomic E-state index is 0. The zero-order chi connectivity index (χ0) is 0. The largest absolute Gasteiger partial charge is 0 e. The molecule has 0 aromatic heterocycles. The Morgan fingerprint density at radius 3 is 1.00 bits per heavy atom. The van der Waals surface area contributed by atoms with Crippen LogP contribution in [0, 0.1) is 109 Å². The first-order valence-electron chi connectivity index (χ1n) is 0. The Labute approximate surface area is 131 Å². The fourth-order valence-electron chi connectivity index (χ4n) is 0. The molecule has 0 rings (SSSR count). The van der Waals surface area contributed by atoms with Crippen LogP contribution in [-0.4, -0.2) is 26.2 Å². The summed E-state index contributed by atoms with van der Waals surface area (Å²) in [7, 11) is 0. The van der Waals surface area contributed by atoms with E-state index in [1.54, 1.807) is 0 Å². The van der Waals surface area contributed by atoms with E-state index in [-0.39, 0.29) is 135 Å². The van der Waals surface area contributed by atoms with Gasteiger partial charge in [0.2, 0.25) is 0 Å². The van der Waals surface area contributed by atoms with Gasteiger partial charge in [-0.15, -0.1) is 0 Å². The van der Waals surface area contributed by atoms with Gasteiger partial charge in [0.05, 0.1) is 0 Å². The second-order valence-corrected chi connectivity index (χ2v) is 0. The van der Waals surface area contributed by atoms with E-state index in [0.29, 0.717) is 0 Å². The van der Waals surface area contributed by atoms with Gasteiger partial charge in [-0.1, -0.05) is 0 Å². The van der Waals surface area contributed by atoms with Crippen molar-refractivity contribution < 1.29 is 109 Å². The molecule has 0 saturated heterocycles. The summed E-state index contributed by atoms with van der Waals surface area (Å²) in [6.07, 6.45) is 0. The van der Waals surface area contributed by atoms with E-state index in [2.05, 4.69) is 0 Å². The quantitative estimate of drug-likeness (QED) is 0.293. The molecule has 0 N–H and O–H groups in total. The maximum absolute atomic E-state index is 0. The molecule has 0 nitrogen and oxygen atoms in total. The fraction of sp³-hybridized carbons (Fsp3) is 0. The average Bonchev–Trinajstić information content (AvgIpc) is 0. The van der Waals surface area contributed by atoms with E-state index in [1.165, 1.54) is 0 Å². The molecular formula is BiHoThU. The van der Waals surface area contributed by atoms with Crippen LogP contribution >= 0.6 is 0 Å². The third-order valence-corrected chi connectivity index (χ3v) is 0. The second-order valence-electron chi connectivity index (χ2n) is 0. The minimum atomic E-state index is 0. The van der Waals surface area contributed by atoms with Crippen LogP contribution in [0.25, 0.3) is 0 Å². The van der Waals surface area contributed by atoms with Gasteiger partial charge in [0.25, 0.3) is 0 Å². The summed E-state index contributed by atoms with van der Waals surface area (Å²) in [4.78, 5) is 0. The van der Waals surface area contributed by atoms with Crippen molar-refractivity contribution in [3.63, 3.8) is 0 Å². The molecule has 0 atom stereocenters. The average molecular weight is 844 g/mol. The maximum Gasteiger partial charge on any atom is 0 e. The molecular weight excluding hydrogens is 844 g/mol. The van der Waals surface area contributed by atoms with Crippen LogP contribution in [0.2, 0.25) is 0 Å². The molecule has 4 heteroatoms. The Kier molecular flexibility index (Phi) is 92.3. The minimum absolute atomic E-state index is 0. The molecule has 0 aromatic rings. The summed E-state index contributed by atoms with van der Waals surface area (Å²) in [5.74, 6) is 0. The van der Waals surface area contributed by atoms with Gasteiger partial charge in [-0.3, -0.25) is 0 Å². The van der Waals surface area contributed by atoms with Crippen molar-refractivity contribution in [3.8, 4) is 0 Å². The van der Waals surface area contributed by atoms with Crippen LogP contribution in [0.1, 0.15) is 0 Å². The molecule has 4 heavy (non-hydrogen) atoms. The summed E-state index contributed by atoms with van der Waals surface area (Å²) >= 11 is 0. The smallest absolute Gasteiger partial charge is 0 e. The first kappa shape index (κ1) is 23.6. The van der Waals surface area contributed by atoms with Gasteiger partial charge in [0.1, 0.15) is 0 Å². The summed E-state index contributed by atoms with van der Waals surface area (Å²) in [6, 6.07) is 0. The van der Waals surface area contributed by atoms with Crippen molar-refractivity contribution >= 4 is 26.2 Å². The predicted octanol–water partition coefficient (Wildman–Crippen LogP) is -0.381. The molecule has 0 aliphatic carbocycles. The Morgan fingerprint density at radius 1 is 1.00 bits per heavy atom. The van der Waals surface area contributed by atoms with Crippen molar-refractivity contribution in [3.05, 3.63) is 0 Å². The van der Waals surface area contributed by atoms with E-state index in [9.17, 15) is 0 Å². The Morgan fingerprint density at radius 2 is 1.00 bits per heavy atom. The zero-order valence-electron chi connectivity index (χ0n) is 1.75. The van der Waals surface area contributed by atoms with Crippen molar-refractivity contribution in [2.24, 2.45) is 0 Å². The predicted molar refractivity (Wildman–Crippen MR) is 5.75 cm³/mol. The molecule has 0 aromatic carbocycles. The molecule has 0 aliphatic rings. The number of hydrogen-bond donors (Lipinski definition) is 0. The zero-order valence-corrected chi connectivity index (χ0v) is 15.4. The van der Waals surface area contributed by atoms with Crippen LogP contribution in [0.15, 0.2) is 0 Å². The topological polar surface area (TPSA) is 0 Å². The van der Waals surface area contributed by atoms with Crippen LogP contribution in [0.5, 0.6) is 0 Å². The van der Waals surface area contributed by atoms with E-state index < -0.39 is 0 Å². The third-order valence-electron chi connectivity index (χ3n) is 0. The van der Waals surface area contributed by atoms with Gasteiger partial charge >= 0.3 is 0 Å². The molecule has 0 bridgehead atoms. The van der Waals surface area contributed by atoms with Gasteiger partial charge in [0.15, 0.2) is 0 Å². The van der Waals surface area contributed by atoms with Crippen LogP contribution in [0.4, 0.5) is 0 Å². The van der Waals surface area contributed by atoms with E-state index in [4.69, 9.17) is 0 Å². The molecule has 24 valence electrons. The van der Waals surface area contributed by atoms with Gasteiger partial charge in [-0.2, -0.15) is 0 Å². The van der Waals surface area contributed by atoms with Crippen molar-refractivity contribution in [2.45, 2.75) is 0 Å². The third kappa shape index (κ3) is 9.72. The van der Waals surface area contributed by atoms with Crippen LogP contribution in [-0.2, 0) is 0 Å². The van der Waals surface area contributed by atoms with E-state index in [0.717, 1.165) is 0 Å². The molecule has 0 aliphatic heterocycles. The molecule has 0 fully saturated rings. The summed E-state index contributed by atoms with van der Waals surface area (Å²) in [5.41, 5.74) is 0. The summed E-state index contributed by atoms with van der Waals surface area (Å²) < 4.78 is 0. The Hall–Kier alpha value is 4.52. The standard InChI is InChI=1S/Bi.Ho.Th.U. The van der Waals surface area contributed by atoms with Crippen LogP contribution < -0.4 is 0 Å². The number of rotatable bonds is 0. The Balaban J connectivity index is 0. The van der Waals surface area contributed by atoms with Crippen molar-refractivity contribution in [1.29, 1.82) is 0 Å². The Bertz CT molecular complexity index is 8.00. The molecule has 0 amide bonds. The molecule has 0 heterocycles. The van der Waals surface area contributed by atoms with Crippen molar-refractivity contribution in [2.75, 3.05) is 0 Å². The second kappa shape index (κ2) is 15.6. The summed E-state index contributed by atoms with van der Waals surface area (Å²) in [5, 5.41) is 0. The molecule has 0 spiro atoms. The van der Waals surface area contributed by atoms with Gasteiger partial charge in [-0.05, 0) is 0 Å². The first-order chi connectivity index (χ1) is 0. The minimum Gasteiger partial charge on any atom is 0 e. The van der Waals surface area contributed by atoms with Gasteiger partial charge in [-0.25, -0.2) is 0 Å². The van der Waals surface area contributed by atoms with E-state index in [1.807, 2.05) is 0 Å². The SMILES string of the molecule is [Bi].[Ho].[Th].[U]. The van der Waals surface area contributed by atoms with E-state index >= 15 is 0 Å². The monoisotopic (exact) mass is 844 g/mol. The summed E-state index contributed by atoms with van der Waals surface area (Å²) in [6.45, 7) is 0. The van der Waals surface area contributed by atoms with Crippen LogP contribution in [0.3, 0.4) is 0 Å². The molecule has 0 unspecified atom stereocenters. The fourth-order valence-corrected chi connectivity index (χ4v) is 0. The van der Waals surface area contributed by atoms with Crippen molar-refractivity contribution in [1.82, 2.24) is 0 Å². The number of hydrogen-bond acceptors (Lipinski definition) is 0. The van der Waals surface area contributed by atoms with Gasteiger partial charge < -0.3 is 0 Å². The first-order valence-corrected chi connectivity index (χ1v) is 0. The normalized spacial score (nSPS) is 0.